The fourth-order valence-electron chi connectivity index (χ4n) is 3.67. The Morgan fingerprint density at radius 3 is 2.32 bits per heavy atom. The number of nitrogens with zero attached hydrogens (tertiary/aromatic N) is 2. The number of hydrogen-bond acceptors (Lipinski definition) is 3. The van der Waals surface area contributed by atoms with Gasteiger partial charge in [-0.05, 0) is 76.9 Å². The van der Waals surface area contributed by atoms with Gasteiger partial charge in [0.2, 0.25) is 0 Å². The quantitative estimate of drug-likeness (QED) is 0.779. The molecule has 140 valence electrons. The molecule has 1 aliphatic rings. The molecule has 0 aromatic heterocycles. The van der Waals surface area contributed by atoms with Crippen LogP contribution in [0.1, 0.15) is 57.3 Å². The highest BCUT2D eigenvalue weighted by Gasteiger charge is 2.15. The smallest absolute Gasteiger partial charge is 0.251 e. The second kappa shape index (κ2) is 9.81. The maximum Gasteiger partial charge on any atom is 0.251 e. The minimum Gasteiger partial charge on any atom is -0.369 e. The molecular weight excluding hydrogens is 310 g/mol. The average molecular weight is 346 g/mol. The van der Waals surface area contributed by atoms with Gasteiger partial charge >= 0.3 is 0 Å². The predicted molar refractivity (Wildman–Crippen MR) is 106 cm³/mol. The topological polar surface area (TPSA) is 35.6 Å². The van der Waals surface area contributed by atoms with Gasteiger partial charge in [0.15, 0.2) is 0 Å². The van der Waals surface area contributed by atoms with Gasteiger partial charge in [0.1, 0.15) is 0 Å². The van der Waals surface area contributed by atoms with Crippen LogP contribution in [0.15, 0.2) is 24.3 Å². The molecule has 1 amide bonds. The summed E-state index contributed by atoms with van der Waals surface area (Å²) in [7, 11) is 0. The molecular formula is C21H35N3O. The molecule has 1 unspecified atom stereocenters. The molecule has 4 heteroatoms. The van der Waals surface area contributed by atoms with Crippen molar-refractivity contribution < 1.29 is 4.79 Å². The van der Waals surface area contributed by atoms with Crippen molar-refractivity contribution in [3.63, 3.8) is 0 Å². The first-order chi connectivity index (χ1) is 12.0. The minimum atomic E-state index is 0.0321. The summed E-state index contributed by atoms with van der Waals surface area (Å²) in [4.78, 5) is 17.2. The van der Waals surface area contributed by atoms with E-state index >= 15 is 0 Å². The number of anilines is 1. The van der Waals surface area contributed by atoms with Crippen LogP contribution in [0.25, 0.3) is 0 Å². The van der Waals surface area contributed by atoms with E-state index in [1.807, 2.05) is 12.1 Å². The number of likely N-dealkylation sites (tertiary alicyclic amines) is 1. The molecule has 0 aliphatic carbocycles. The van der Waals surface area contributed by atoms with Gasteiger partial charge in [0.25, 0.3) is 5.91 Å². The van der Waals surface area contributed by atoms with E-state index in [-0.39, 0.29) is 5.91 Å². The van der Waals surface area contributed by atoms with Crippen molar-refractivity contribution >= 4 is 11.6 Å². The lowest BCUT2D eigenvalue weighted by Crippen LogP contribution is -2.38. The molecule has 1 atom stereocenters. The van der Waals surface area contributed by atoms with Crippen LogP contribution < -0.4 is 10.2 Å². The molecule has 2 rings (SSSR count). The molecule has 0 saturated carbocycles. The molecule has 25 heavy (non-hydrogen) atoms. The summed E-state index contributed by atoms with van der Waals surface area (Å²) in [6, 6.07) is 8.43. The maximum atomic E-state index is 12.4. The number of piperidine rings is 1. The summed E-state index contributed by atoms with van der Waals surface area (Å²) in [5, 5.41) is 3.09. The molecule has 0 radical (unpaired) electrons. The second-order valence-electron chi connectivity index (χ2n) is 7.60. The molecule has 1 fully saturated rings. The Bertz CT molecular complexity index is 520. The summed E-state index contributed by atoms with van der Waals surface area (Å²) < 4.78 is 0. The highest BCUT2D eigenvalue weighted by molar-refractivity contribution is 5.94. The Balaban J connectivity index is 1.81. The zero-order valence-electron chi connectivity index (χ0n) is 16.4. The van der Waals surface area contributed by atoms with Crippen molar-refractivity contribution in [3.8, 4) is 0 Å². The van der Waals surface area contributed by atoms with Crippen LogP contribution in [-0.4, -0.2) is 49.6 Å². The van der Waals surface area contributed by atoms with E-state index in [9.17, 15) is 4.79 Å². The molecule has 1 N–H and O–H groups in total. The van der Waals surface area contributed by atoms with Crippen LogP contribution in [0.2, 0.25) is 0 Å². The number of amides is 1. The average Bonchev–Trinajstić information content (AvgIpc) is 2.61. The lowest BCUT2D eigenvalue weighted by molar-refractivity contribution is 0.0942. The van der Waals surface area contributed by atoms with Crippen LogP contribution in [-0.2, 0) is 0 Å². The number of carbonyl (C=O) groups is 1. The van der Waals surface area contributed by atoms with E-state index in [1.54, 1.807) is 0 Å². The van der Waals surface area contributed by atoms with Crippen molar-refractivity contribution in [3.05, 3.63) is 29.8 Å². The van der Waals surface area contributed by atoms with E-state index in [4.69, 9.17) is 0 Å². The summed E-state index contributed by atoms with van der Waals surface area (Å²) in [6.45, 7) is 14.0. The fourth-order valence-corrected chi connectivity index (χ4v) is 3.67. The van der Waals surface area contributed by atoms with Gasteiger partial charge in [-0.2, -0.15) is 0 Å². The van der Waals surface area contributed by atoms with Gasteiger partial charge in [-0.3, -0.25) is 4.79 Å². The fraction of sp³-hybridized carbons (Fsp3) is 0.667. The SMILES string of the molecule is CCN(c1ccc(C(=O)NCC(C)CN2CCCCC2)cc1)C(C)C. The van der Waals surface area contributed by atoms with E-state index in [1.165, 1.54) is 38.0 Å². The Hall–Kier alpha value is -1.55. The van der Waals surface area contributed by atoms with Crippen LogP contribution in [0.4, 0.5) is 5.69 Å². The second-order valence-corrected chi connectivity index (χ2v) is 7.60. The number of nitrogens with one attached hydrogen (secondary N) is 1. The van der Waals surface area contributed by atoms with Gasteiger partial charge in [0, 0.05) is 36.9 Å². The van der Waals surface area contributed by atoms with Gasteiger partial charge in [0.05, 0.1) is 0 Å². The molecule has 0 spiro atoms. The van der Waals surface area contributed by atoms with Crippen molar-refractivity contribution in [2.45, 2.75) is 53.0 Å². The van der Waals surface area contributed by atoms with Gasteiger partial charge in [-0.25, -0.2) is 0 Å². The highest BCUT2D eigenvalue weighted by atomic mass is 16.1. The van der Waals surface area contributed by atoms with E-state index < -0.39 is 0 Å². The normalized spacial score (nSPS) is 16.7. The van der Waals surface area contributed by atoms with E-state index in [0.717, 1.165) is 25.2 Å². The standard InChI is InChI=1S/C21H35N3O/c1-5-24(17(2)3)20-11-9-19(10-12-20)21(25)22-15-18(4)16-23-13-7-6-8-14-23/h9-12,17-18H,5-8,13-16H2,1-4H3,(H,22,25). The number of benzene rings is 1. The molecule has 1 aromatic rings. The molecule has 4 nitrogen and oxygen atoms in total. The molecule has 1 aromatic carbocycles. The molecule has 1 saturated heterocycles. The van der Waals surface area contributed by atoms with Crippen LogP contribution in [0.3, 0.4) is 0 Å². The monoisotopic (exact) mass is 345 g/mol. The molecule has 0 bridgehead atoms. The third kappa shape index (κ3) is 6.03. The van der Waals surface area contributed by atoms with Crippen molar-refractivity contribution in [2.24, 2.45) is 5.92 Å². The zero-order valence-corrected chi connectivity index (χ0v) is 16.4. The minimum absolute atomic E-state index is 0.0321. The highest BCUT2D eigenvalue weighted by Crippen LogP contribution is 2.18. The van der Waals surface area contributed by atoms with E-state index in [2.05, 4.69) is 54.9 Å². The third-order valence-corrected chi connectivity index (χ3v) is 5.05. The molecule has 1 heterocycles. The number of rotatable bonds is 8. The van der Waals surface area contributed by atoms with Crippen molar-refractivity contribution in [2.75, 3.05) is 37.6 Å². The Labute approximate surface area is 153 Å². The Morgan fingerprint density at radius 1 is 1.12 bits per heavy atom. The van der Waals surface area contributed by atoms with E-state index in [0.29, 0.717) is 12.0 Å². The van der Waals surface area contributed by atoms with Crippen LogP contribution in [0, 0.1) is 5.92 Å². The van der Waals surface area contributed by atoms with Gasteiger partial charge < -0.3 is 15.1 Å². The first-order valence-electron chi connectivity index (χ1n) is 9.88. The maximum absolute atomic E-state index is 12.4. The summed E-state index contributed by atoms with van der Waals surface area (Å²) in [5.41, 5.74) is 1.92. The van der Waals surface area contributed by atoms with Crippen LogP contribution in [0.5, 0.6) is 0 Å². The predicted octanol–water partition coefficient (Wildman–Crippen LogP) is 3.77. The number of hydrogen-bond donors (Lipinski definition) is 1. The lowest BCUT2D eigenvalue weighted by atomic mass is 10.1. The first-order valence-corrected chi connectivity index (χ1v) is 9.88. The van der Waals surface area contributed by atoms with Gasteiger partial charge in [-0.15, -0.1) is 0 Å². The summed E-state index contributed by atoms with van der Waals surface area (Å²) in [5.74, 6) is 0.516. The molecule has 1 aliphatic heterocycles. The first kappa shape index (κ1) is 19.8. The van der Waals surface area contributed by atoms with Crippen molar-refractivity contribution in [1.29, 1.82) is 0 Å². The summed E-state index contributed by atoms with van der Waals surface area (Å²) >= 11 is 0. The summed E-state index contributed by atoms with van der Waals surface area (Å²) in [6.07, 6.45) is 4.00. The Morgan fingerprint density at radius 2 is 1.76 bits per heavy atom. The van der Waals surface area contributed by atoms with Crippen LogP contribution >= 0.6 is 0 Å². The zero-order chi connectivity index (χ0) is 18.2. The lowest BCUT2D eigenvalue weighted by Gasteiger charge is -2.29. The Kier molecular flexibility index (Phi) is 7.76. The third-order valence-electron chi connectivity index (χ3n) is 5.05. The van der Waals surface area contributed by atoms with Gasteiger partial charge in [-0.1, -0.05) is 13.3 Å². The number of carbonyl (C=O) groups excluding carboxylic acids is 1. The van der Waals surface area contributed by atoms with Crippen molar-refractivity contribution in [1.82, 2.24) is 10.2 Å². The largest absolute Gasteiger partial charge is 0.369 e.